The fourth-order valence-corrected chi connectivity index (χ4v) is 3.65. The van der Waals surface area contributed by atoms with Crippen molar-refractivity contribution >= 4 is 0 Å². The Kier molecular flexibility index (Phi) is 5.92. The monoisotopic (exact) mass is 318 g/mol. The van der Waals surface area contributed by atoms with Gasteiger partial charge < -0.3 is 14.7 Å². The van der Waals surface area contributed by atoms with E-state index < -0.39 is 0 Å². The smallest absolute Gasteiger partial charge is 0.123 e. The quantitative estimate of drug-likeness (QED) is 0.783. The number of hydrogen-bond donors (Lipinski definition) is 1. The lowest BCUT2D eigenvalue weighted by Gasteiger charge is -2.36. The molecule has 1 unspecified atom stereocenters. The molecule has 0 saturated carbocycles. The molecule has 4 heteroatoms. The zero-order valence-corrected chi connectivity index (χ0v) is 14.3. The highest BCUT2D eigenvalue weighted by Crippen LogP contribution is 2.22. The number of aliphatic hydroxyl groups is 1. The first-order chi connectivity index (χ1) is 11.2. The van der Waals surface area contributed by atoms with Crippen LogP contribution in [0.5, 0.6) is 5.75 Å². The summed E-state index contributed by atoms with van der Waals surface area (Å²) in [5, 5.41) is 9.40. The molecule has 0 spiro atoms. The summed E-state index contributed by atoms with van der Waals surface area (Å²) in [4.78, 5) is 4.83. The van der Waals surface area contributed by atoms with Crippen LogP contribution in [0, 0.1) is 5.92 Å². The van der Waals surface area contributed by atoms with Crippen molar-refractivity contribution in [1.82, 2.24) is 9.80 Å². The van der Waals surface area contributed by atoms with E-state index in [1.165, 1.54) is 31.5 Å². The molecule has 2 aliphatic rings. The summed E-state index contributed by atoms with van der Waals surface area (Å²) >= 11 is 0. The highest BCUT2D eigenvalue weighted by molar-refractivity contribution is 5.33. The molecule has 2 fully saturated rings. The van der Waals surface area contributed by atoms with Crippen molar-refractivity contribution in [3.63, 3.8) is 0 Å². The third kappa shape index (κ3) is 4.93. The van der Waals surface area contributed by atoms with Gasteiger partial charge in [-0.1, -0.05) is 25.1 Å². The third-order valence-electron chi connectivity index (χ3n) is 4.92. The fourth-order valence-electron chi connectivity index (χ4n) is 3.65. The second-order valence-electron chi connectivity index (χ2n) is 7.21. The topological polar surface area (TPSA) is 35.9 Å². The van der Waals surface area contributed by atoms with E-state index in [1.54, 1.807) is 0 Å². The van der Waals surface area contributed by atoms with Crippen LogP contribution >= 0.6 is 0 Å². The van der Waals surface area contributed by atoms with Gasteiger partial charge in [0.05, 0.1) is 12.7 Å². The largest absolute Gasteiger partial charge is 0.493 e. The van der Waals surface area contributed by atoms with Crippen LogP contribution in [0.4, 0.5) is 0 Å². The maximum atomic E-state index is 9.40. The molecule has 0 bridgehead atoms. The first kappa shape index (κ1) is 16.7. The Morgan fingerprint density at radius 2 is 2.00 bits per heavy atom. The zero-order valence-electron chi connectivity index (χ0n) is 14.3. The number of rotatable bonds is 7. The number of piperidine rings is 1. The van der Waals surface area contributed by atoms with Crippen LogP contribution in [0.15, 0.2) is 24.3 Å². The predicted octanol–water partition coefficient (Wildman–Crippen LogP) is 2.36. The number of hydrogen-bond acceptors (Lipinski definition) is 4. The summed E-state index contributed by atoms with van der Waals surface area (Å²) in [6.45, 7) is 9.20. The lowest BCUT2D eigenvalue weighted by atomic mass is 10.0. The fraction of sp³-hybridized carbons (Fsp3) is 0.684. The minimum absolute atomic E-state index is 0.144. The normalized spacial score (nSPS) is 23.7. The van der Waals surface area contributed by atoms with Crippen molar-refractivity contribution in [2.75, 3.05) is 39.3 Å². The molecule has 128 valence electrons. The van der Waals surface area contributed by atoms with E-state index in [1.807, 2.05) is 6.07 Å². The van der Waals surface area contributed by atoms with E-state index in [0.29, 0.717) is 0 Å². The number of benzene rings is 1. The first-order valence-electron chi connectivity index (χ1n) is 9.04. The van der Waals surface area contributed by atoms with Crippen molar-refractivity contribution in [2.24, 2.45) is 5.92 Å². The molecule has 2 heterocycles. The van der Waals surface area contributed by atoms with E-state index in [-0.39, 0.29) is 6.10 Å². The summed E-state index contributed by atoms with van der Waals surface area (Å²) in [5.41, 5.74) is 1.23. The zero-order chi connectivity index (χ0) is 16.1. The average molecular weight is 318 g/mol. The molecule has 3 rings (SSSR count). The number of likely N-dealkylation sites (tertiary alicyclic amines) is 2. The van der Waals surface area contributed by atoms with Gasteiger partial charge in [0, 0.05) is 38.3 Å². The van der Waals surface area contributed by atoms with Gasteiger partial charge in [-0.05, 0) is 37.8 Å². The average Bonchev–Trinajstić information content (AvgIpc) is 2.51. The van der Waals surface area contributed by atoms with Crippen molar-refractivity contribution in [1.29, 1.82) is 0 Å². The highest BCUT2D eigenvalue weighted by Gasteiger charge is 2.24. The molecule has 0 radical (unpaired) electrons. The molecule has 1 aromatic carbocycles. The van der Waals surface area contributed by atoms with Gasteiger partial charge in [0.25, 0.3) is 0 Å². The Hall–Kier alpha value is -1.10. The van der Waals surface area contributed by atoms with Crippen LogP contribution < -0.4 is 4.74 Å². The summed E-state index contributed by atoms with van der Waals surface area (Å²) in [6.07, 6.45) is 3.66. The molecule has 2 aliphatic heterocycles. The third-order valence-corrected chi connectivity index (χ3v) is 4.92. The molecule has 1 atom stereocenters. The molecule has 0 aliphatic carbocycles. The Balaban J connectivity index is 1.41. The van der Waals surface area contributed by atoms with Crippen LogP contribution in [-0.4, -0.2) is 60.3 Å². The Morgan fingerprint density at radius 3 is 2.78 bits per heavy atom. The summed E-state index contributed by atoms with van der Waals surface area (Å²) in [6, 6.07) is 8.30. The van der Waals surface area contributed by atoms with Crippen LogP contribution in [0.2, 0.25) is 0 Å². The molecule has 23 heavy (non-hydrogen) atoms. The predicted molar refractivity (Wildman–Crippen MR) is 92.7 cm³/mol. The minimum atomic E-state index is -0.144. The van der Waals surface area contributed by atoms with Crippen molar-refractivity contribution < 1.29 is 9.84 Å². The van der Waals surface area contributed by atoms with Gasteiger partial charge in [-0.25, -0.2) is 0 Å². The molecular weight excluding hydrogens is 288 g/mol. The standard InChI is InChI=1S/C19H30N2O2/c1-16-6-4-9-20(12-16)10-5-11-23-19-8-3-2-7-17(19)13-21-14-18(22)15-21/h2-3,7-8,16,18,22H,4-6,9-15H2,1H3. The Morgan fingerprint density at radius 1 is 1.17 bits per heavy atom. The van der Waals surface area contributed by atoms with E-state index in [0.717, 1.165) is 50.9 Å². The number of β-amino-alcohol motifs (C(OH)–C–C–N with tert-alkyl or cyclic N) is 1. The first-order valence-corrected chi connectivity index (χ1v) is 9.04. The highest BCUT2D eigenvalue weighted by atomic mass is 16.5. The maximum absolute atomic E-state index is 9.40. The molecule has 2 saturated heterocycles. The number of nitrogens with zero attached hydrogens (tertiary/aromatic N) is 2. The van der Waals surface area contributed by atoms with Gasteiger partial charge in [-0.3, -0.25) is 4.90 Å². The lowest BCUT2D eigenvalue weighted by molar-refractivity contribution is -0.00331. The molecular formula is C19H30N2O2. The van der Waals surface area contributed by atoms with E-state index in [4.69, 9.17) is 4.74 Å². The maximum Gasteiger partial charge on any atom is 0.123 e. The van der Waals surface area contributed by atoms with Gasteiger partial charge in [0.1, 0.15) is 5.75 Å². The van der Waals surface area contributed by atoms with Gasteiger partial charge in [0.2, 0.25) is 0 Å². The van der Waals surface area contributed by atoms with Gasteiger partial charge in [0.15, 0.2) is 0 Å². The summed E-state index contributed by atoms with van der Waals surface area (Å²) in [7, 11) is 0. The Labute approximate surface area is 140 Å². The van der Waals surface area contributed by atoms with E-state index in [9.17, 15) is 5.11 Å². The van der Waals surface area contributed by atoms with E-state index in [2.05, 4.69) is 34.9 Å². The number of para-hydroxylation sites is 1. The van der Waals surface area contributed by atoms with Crippen LogP contribution in [0.3, 0.4) is 0 Å². The molecule has 0 amide bonds. The van der Waals surface area contributed by atoms with Crippen LogP contribution in [-0.2, 0) is 6.54 Å². The van der Waals surface area contributed by atoms with Crippen LogP contribution in [0.25, 0.3) is 0 Å². The molecule has 0 aromatic heterocycles. The summed E-state index contributed by atoms with van der Waals surface area (Å²) < 4.78 is 6.04. The van der Waals surface area contributed by atoms with Gasteiger partial charge >= 0.3 is 0 Å². The SMILES string of the molecule is CC1CCCN(CCCOc2ccccc2CN2CC(O)C2)C1. The Bertz CT molecular complexity index is 488. The van der Waals surface area contributed by atoms with Crippen molar-refractivity contribution in [3.05, 3.63) is 29.8 Å². The van der Waals surface area contributed by atoms with Gasteiger partial charge in [-0.2, -0.15) is 0 Å². The second-order valence-corrected chi connectivity index (χ2v) is 7.21. The number of aliphatic hydroxyl groups excluding tert-OH is 1. The lowest BCUT2D eigenvalue weighted by Crippen LogP contribution is -2.49. The van der Waals surface area contributed by atoms with Gasteiger partial charge in [-0.15, -0.1) is 0 Å². The summed E-state index contributed by atoms with van der Waals surface area (Å²) in [5.74, 6) is 1.85. The minimum Gasteiger partial charge on any atom is -0.493 e. The second kappa shape index (κ2) is 8.13. The number of ether oxygens (including phenoxy) is 1. The van der Waals surface area contributed by atoms with Crippen LogP contribution in [0.1, 0.15) is 31.7 Å². The molecule has 4 nitrogen and oxygen atoms in total. The van der Waals surface area contributed by atoms with Crippen molar-refractivity contribution in [2.45, 2.75) is 38.8 Å². The molecule has 1 N–H and O–H groups in total. The molecule has 1 aromatic rings. The van der Waals surface area contributed by atoms with E-state index >= 15 is 0 Å². The van der Waals surface area contributed by atoms with Crippen molar-refractivity contribution in [3.8, 4) is 5.75 Å².